The van der Waals surface area contributed by atoms with Gasteiger partial charge in [-0.25, -0.2) is 9.37 Å². The molecule has 0 saturated heterocycles. The second kappa shape index (κ2) is 9.82. The molecular weight excluding hydrogens is 393 g/mol. The van der Waals surface area contributed by atoms with Crippen LogP contribution in [0.2, 0.25) is 0 Å². The van der Waals surface area contributed by atoms with E-state index >= 15 is 0 Å². The first-order chi connectivity index (χ1) is 13.7. The van der Waals surface area contributed by atoms with E-state index in [9.17, 15) is 34.4 Å². The second-order valence-corrected chi connectivity index (χ2v) is 6.43. The second-order valence-electron chi connectivity index (χ2n) is 6.43. The van der Waals surface area contributed by atoms with Gasteiger partial charge in [-0.15, -0.1) is 0 Å². The molecule has 2 rings (SSSR count). The highest BCUT2D eigenvalue weighted by molar-refractivity contribution is 5.77. The van der Waals surface area contributed by atoms with Crippen LogP contribution < -0.4 is 10.9 Å². The van der Waals surface area contributed by atoms with Crippen molar-refractivity contribution in [1.82, 2.24) is 15.3 Å². The fourth-order valence-electron chi connectivity index (χ4n) is 2.75. The summed E-state index contributed by atoms with van der Waals surface area (Å²) >= 11 is 0. The lowest BCUT2D eigenvalue weighted by molar-refractivity contribution is -0.131. The highest BCUT2D eigenvalue weighted by Crippen LogP contribution is 2.14. The molecule has 0 aliphatic carbocycles. The van der Waals surface area contributed by atoms with Gasteiger partial charge in [-0.3, -0.25) is 9.59 Å². The molecular formula is C17H22FN3O8. The Bertz CT molecular complexity index is 908. The fourth-order valence-corrected chi connectivity index (χ4v) is 2.75. The van der Waals surface area contributed by atoms with Crippen LogP contribution in [0.4, 0.5) is 4.39 Å². The van der Waals surface area contributed by atoms with Gasteiger partial charge in [-0.2, -0.15) is 0 Å². The summed E-state index contributed by atoms with van der Waals surface area (Å²) in [7, 11) is 0. The summed E-state index contributed by atoms with van der Waals surface area (Å²) in [6.07, 6.45) is -7.88. The van der Waals surface area contributed by atoms with Crippen molar-refractivity contribution in [2.45, 2.75) is 36.9 Å². The third-order valence-corrected chi connectivity index (χ3v) is 4.31. The Labute approximate surface area is 163 Å². The Morgan fingerprint density at radius 2 is 1.83 bits per heavy atom. The minimum atomic E-state index is -1.96. The van der Waals surface area contributed by atoms with Crippen molar-refractivity contribution in [3.05, 3.63) is 40.1 Å². The number of hydrogen-bond donors (Lipinski definition) is 8. The number of nitrogens with one attached hydrogen (secondary N) is 2. The van der Waals surface area contributed by atoms with Crippen LogP contribution in [0, 0.1) is 5.82 Å². The monoisotopic (exact) mass is 415 g/mol. The predicted molar refractivity (Wildman–Crippen MR) is 96.2 cm³/mol. The quantitative estimate of drug-likeness (QED) is 0.205. The highest BCUT2D eigenvalue weighted by Gasteiger charge is 2.36. The molecule has 0 aliphatic heterocycles. The molecule has 8 N–H and O–H groups in total. The SMILES string of the molecule is O=C(CO)N[C@H](C(O)Cc1nc2ccc(F)cc2[nH]c1=O)C(O)[C@H](O)[C@H](O)CO. The Balaban J connectivity index is 2.30. The fraction of sp³-hybridized carbons (Fsp3) is 0.471. The molecule has 12 heteroatoms. The van der Waals surface area contributed by atoms with Crippen LogP contribution in [0.5, 0.6) is 0 Å². The number of rotatable bonds is 9. The van der Waals surface area contributed by atoms with Crippen LogP contribution in [0.15, 0.2) is 23.0 Å². The molecule has 0 saturated carbocycles. The van der Waals surface area contributed by atoms with Gasteiger partial charge in [0, 0.05) is 6.42 Å². The van der Waals surface area contributed by atoms with E-state index in [1.54, 1.807) is 0 Å². The molecule has 1 aromatic heterocycles. The van der Waals surface area contributed by atoms with Gasteiger partial charge in [0.2, 0.25) is 5.91 Å². The summed E-state index contributed by atoms with van der Waals surface area (Å²) in [5.74, 6) is -1.59. The van der Waals surface area contributed by atoms with Crippen LogP contribution in [-0.2, 0) is 11.2 Å². The molecule has 29 heavy (non-hydrogen) atoms. The van der Waals surface area contributed by atoms with Crippen molar-refractivity contribution in [1.29, 1.82) is 0 Å². The van der Waals surface area contributed by atoms with Gasteiger partial charge < -0.3 is 40.9 Å². The van der Waals surface area contributed by atoms with Crippen LogP contribution in [0.25, 0.3) is 11.0 Å². The number of benzene rings is 1. The maximum absolute atomic E-state index is 13.3. The van der Waals surface area contributed by atoms with Crippen molar-refractivity contribution < 1.29 is 39.8 Å². The summed E-state index contributed by atoms with van der Waals surface area (Å²) in [6, 6.07) is 1.85. The van der Waals surface area contributed by atoms with E-state index in [2.05, 4.69) is 15.3 Å². The van der Waals surface area contributed by atoms with Crippen molar-refractivity contribution in [2.24, 2.45) is 0 Å². The highest BCUT2D eigenvalue weighted by atomic mass is 19.1. The first-order valence-electron chi connectivity index (χ1n) is 8.59. The summed E-state index contributed by atoms with van der Waals surface area (Å²) in [6.45, 7) is -1.90. The lowest BCUT2D eigenvalue weighted by atomic mass is 9.94. The third kappa shape index (κ3) is 5.53. The van der Waals surface area contributed by atoms with Crippen LogP contribution in [0.3, 0.4) is 0 Å². The molecule has 0 fully saturated rings. The topological polar surface area (TPSA) is 196 Å². The Kier molecular flexibility index (Phi) is 7.73. The average molecular weight is 415 g/mol. The van der Waals surface area contributed by atoms with E-state index in [1.165, 1.54) is 6.07 Å². The third-order valence-electron chi connectivity index (χ3n) is 4.31. The summed E-state index contributed by atoms with van der Waals surface area (Å²) in [4.78, 5) is 30.1. The van der Waals surface area contributed by atoms with Gasteiger partial charge in [0.15, 0.2) is 0 Å². The van der Waals surface area contributed by atoms with E-state index in [1.807, 2.05) is 0 Å². The average Bonchev–Trinajstić information content (AvgIpc) is 2.70. The van der Waals surface area contributed by atoms with Gasteiger partial charge in [-0.05, 0) is 18.2 Å². The van der Waals surface area contributed by atoms with Crippen molar-refractivity contribution in [3.63, 3.8) is 0 Å². The van der Waals surface area contributed by atoms with Crippen LogP contribution >= 0.6 is 0 Å². The standard InChI is InChI=1S/C17H22FN3O8/c18-7-1-2-8-9(3-7)20-17(29)10(19-8)4-11(24)14(21-13(26)6-23)16(28)15(27)12(25)5-22/h1-3,11-12,14-16,22-25,27-28H,4-6H2,(H,20,29)(H,21,26)/t11?,12-,14-,15-,16?/m1/s1. The van der Waals surface area contributed by atoms with Crippen molar-refractivity contribution in [3.8, 4) is 0 Å². The van der Waals surface area contributed by atoms with Gasteiger partial charge in [0.1, 0.15) is 36.4 Å². The van der Waals surface area contributed by atoms with Crippen LogP contribution in [0.1, 0.15) is 5.69 Å². The zero-order valence-corrected chi connectivity index (χ0v) is 15.1. The maximum atomic E-state index is 13.3. The Morgan fingerprint density at radius 1 is 1.14 bits per heavy atom. The number of aromatic nitrogens is 2. The molecule has 2 unspecified atom stereocenters. The Hall–Kier alpha value is -2.48. The Morgan fingerprint density at radius 3 is 2.45 bits per heavy atom. The predicted octanol–water partition coefficient (Wildman–Crippen LogP) is -3.48. The number of hydrogen-bond acceptors (Lipinski definition) is 9. The molecule has 0 bridgehead atoms. The molecule has 2 aromatic rings. The largest absolute Gasteiger partial charge is 0.394 e. The number of aliphatic hydroxyl groups is 6. The first-order valence-corrected chi connectivity index (χ1v) is 8.59. The molecule has 0 spiro atoms. The number of fused-ring (bicyclic) bond motifs is 1. The maximum Gasteiger partial charge on any atom is 0.270 e. The van der Waals surface area contributed by atoms with Gasteiger partial charge in [-0.1, -0.05) is 0 Å². The minimum Gasteiger partial charge on any atom is -0.394 e. The molecule has 11 nitrogen and oxygen atoms in total. The van der Waals surface area contributed by atoms with E-state index in [4.69, 9.17) is 10.2 Å². The smallest absolute Gasteiger partial charge is 0.270 e. The summed E-state index contributed by atoms with van der Waals surface area (Å²) in [5.41, 5.74) is -0.607. The molecule has 0 aliphatic rings. The van der Waals surface area contributed by atoms with Crippen LogP contribution in [-0.4, -0.2) is 90.2 Å². The lowest BCUT2D eigenvalue weighted by Gasteiger charge is -2.32. The van der Waals surface area contributed by atoms with E-state index in [-0.39, 0.29) is 16.7 Å². The molecule has 1 aromatic carbocycles. The van der Waals surface area contributed by atoms with Gasteiger partial charge in [0.25, 0.3) is 5.56 Å². The van der Waals surface area contributed by atoms with Gasteiger partial charge in [0.05, 0.1) is 29.8 Å². The van der Waals surface area contributed by atoms with E-state index in [0.717, 1.165) is 12.1 Å². The zero-order chi connectivity index (χ0) is 21.7. The minimum absolute atomic E-state index is 0.125. The van der Waals surface area contributed by atoms with Crippen molar-refractivity contribution >= 4 is 16.9 Å². The van der Waals surface area contributed by atoms with E-state index < -0.39 is 67.4 Å². The molecule has 0 radical (unpaired) electrons. The summed E-state index contributed by atoms with van der Waals surface area (Å²) in [5, 5.41) is 59.9. The number of aromatic amines is 1. The number of carbonyl (C=O) groups excluding carboxylic acids is 1. The molecule has 160 valence electrons. The molecule has 5 atom stereocenters. The number of halogens is 1. The lowest BCUT2D eigenvalue weighted by Crippen LogP contribution is -2.58. The number of amides is 1. The summed E-state index contributed by atoms with van der Waals surface area (Å²) < 4.78 is 13.3. The van der Waals surface area contributed by atoms with E-state index in [0.29, 0.717) is 0 Å². The number of nitrogens with zero attached hydrogens (tertiary/aromatic N) is 1. The normalized spacial score (nSPS) is 16.8. The number of H-pyrrole nitrogens is 1. The molecule has 1 amide bonds. The zero-order valence-electron chi connectivity index (χ0n) is 15.1. The van der Waals surface area contributed by atoms with Gasteiger partial charge >= 0.3 is 0 Å². The number of aliphatic hydroxyl groups excluding tert-OH is 6. The van der Waals surface area contributed by atoms with Crippen molar-refractivity contribution in [2.75, 3.05) is 13.2 Å². The molecule has 1 heterocycles. The number of carbonyl (C=O) groups is 1. The first kappa shape index (κ1) is 22.8.